The third-order valence-corrected chi connectivity index (χ3v) is 12.8. The van der Waals surface area contributed by atoms with Gasteiger partial charge in [-0.05, 0) is 73.0 Å². The lowest BCUT2D eigenvalue weighted by Gasteiger charge is -2.29. The van der Waals surface area contributed by atoms with E-state index >= 15 is 0 Å². The Morgan fingerprint density at radius 2 is 1.11 bits per heavy atom. The fraction of sp³-hybridized carbons (Fsp3) is 0.128. The minimum atomic E-state index is -4.60. The van der Waals surface area contributed by atoms with Crippen LogP contribution in [0, 0.1) is 0 Å². The van der Waals surface area contributed by atoms with Gasteiger partial charge in [0.05, 0.1) is 26.5 Å². The van der Waals surface area contributed by atoms with Crippen molar-refractivity contribution in [3.05, 3.63) is 181 Å². The molecule has 2 aliphatic heterocycles. The fourth-order valence-corrected chi connectivity index (χ4v) is 9.23. The number of rotatable bonds is 8. The lowest BCUT2D eigenvalue weighted by molar-refractivity contribution is 0.481. The smallest absolute Gasteiger partial charge is 0.294 e. The van der Waals surface area contributed by atoms with Gasteiger partial charge >= 0.3 is 0 Å². The predicted molar refractivity (Wildman–Crippen MR) is 228 cm³/mol. The maximum atomic E-state index is 12.4. The van der Waals surface area contributed by atoms with Crippen molar-refractivity contribution < 1.29 is 25.9 Å². The van der Waals surface area contributed by atoms with E-state index < -0.39 is 25.7 Å². The normalized spacial score (nSPS) is 16.7. The Labute approximate surface area is 333 Å². The van der Waals surface area contributed by atoms with E-state index in [9.17, 15) is 25.9 Å². The molecule has 0 bridgehead atoms. The number of hydrogen-bond acceptors (Lipinski definition) is 5. The average molecular weight is 794 g/mol. The van der Waals surface area contributed by atoms with Gasteiger partial charge in [0.15, 0.2) is 5.71 Å². The van der Waals surface area contributed by atoms with Crippen molar-refractivity contribution in [3.63, 3.8) is 0 Å². The van der Waals surface area contributed by atoms with Gasteiger partial charge in [-0.2, -0.15) is 21.4 Å². The number of nitrogens with zero attached hydrogens (tertiary/aromatic N) is 2. The largest absolute Gasteiger partial charge is 0.312 e. The van der Waals surface area contributed by atoms with Crippen LogP contribution in [0.1, 0.15) is 38.8 Å². The van der Waals surface area contributed by atoms with Gasteiger partial charge in [0, 0.05) is 46.1 Å². The summed E-state index contributed by atoms with van der Waals surface area (Å²) in [7, 11) is -9.07. The summed E-state index contributed by atoms with van der Waals surface area (Å²) in [6.07, 6.45) is 6.34. The second-order valence-electron chi connectivity index (χ2n) is 15.3. The van der Waals surface area contributed by atoms with Crippen molar-refractivity contribution in [1.29, 1.82) is 0 Å². The number of allylic oxidation sites excluding steroid dienone is 4. The van der Waals surface area contributed by atoms with Crippen LogP contribution in [0.25, 0.3) is 22.3 Å². The fourth-order valence-electron chi connectivity index (χ4n) is 8.24. The van der Waals surface area contributed by atoms with Crippen LogP contribution in [-0.2, 0) is 31.1 Å². The molecule has 0 spiro atoms. The summed E-state index contributed by atoms with van der Waals surface area (Å²) in [5.41, 5.74) is 10.2. The monoisotopic (exact) mass is 793 g/mol. The molecule has 0 saturated heterocycles. The zero-order valence-corrected chi connectivity index (χ0v) is 33.5. The molecule has 0 unspecified atom stereocenters. The van der Waals surface area contributed by atoms with E-state index in [1.54, 1.807) is 6.07 Å². The van der Waals surface area contributed by atoms with Gasteiger partial charge in [-0.1, -0.05) is 117 Å². The zero-order chi connectivity index (χ0) is 40.3. The molecular weight excluding hydrogens is 753 g/mol. The van der Waals surface area contributed by atoms with E-state index in [0.29, 0.717) is 16.8 Å². The second kappa shape index (κ2) is 13.9. The third kappa shape index (κ3) is 6.64. The van der Waals surface area contributed by atoms with Crippen molar-refractivity contribution in [2.45, 2.75) is 48.3 Å². The van der Waals surface area contributed by atoms with Crippen molar-refractivity contribution in [2.24, 2.45) is 0 Å². The maximum absolute atomic E-state index is 12.4. The van der Waals surface area contributed by atoms with Crippen LogP contribution in [0.5, 0.6) is 0 Å². The van der Waals surface area contributed by atoms with Crippen LogP contribution >= 0.6 is 0 Å². The minimum absolute atomic E-state index is 0.299. The predicted octanol–water partition coefficient (Wildman–Crippen LogP) is 10.7. The van der Waals surface area contributed by atoms with Crippen LogP contribution in [0.4, 0.5) is 22.7 Å². The Morgan fingerprint density at radius 3 is 1.79 bits per heavy atom. The molecule has 8 rings (SSSR count). The molecule has 8 nitrogen and oxygen atoms in total. The molecule has 0 saturated carbocycles. The molecule has 6 aromatic carbocycles. The van der Waals surface area contributed by atoms with Crippen LogP contribution in [0.3, 0.4) is 0 Å². The molecule has 2 N–H and O–H groups in total. The summed E-state index contributed by atoms with van der Waals surface area (Å²) in [5, 5.41) is 0. The molecule has 286 valence electrons. The van der Waals surface area contributed by atoms with Gasteiger partial charge in [0.1, 0.15) is 0 Å². The van der Waals surface area contributed by atoms with Gasteiger partial charge < -0.3 is 4.90 Å². The molecule has 2 aliphatic rings. The summed E-state index contributed by atoms with van der Waals surface area (Å²) in [6.45, 7) is 8.76. The summed E-state index contributed by atoms with van der Waals surface area (Å²) in [4.78, 5) is 1.74. The van der Waals surface area contributed by atoms with Crippen molar-refractivity contribution >= 4 is 48.7 Å². The molecule has 0 amide bonds. The lowest BCUT2D eigenvalue weighted by Crippen LogP contribution is -2.28. The maximum Gasteiger partial charge on any atom is 0.294 e. The van der Waals surface area contributed by atoms with Crippen molar-refractivity contribution in [1.82, 2.24) is 4.58 Å². The topological polar surface area (TPSA) is 115 Å². The molecule has 0 atom stereocenters. The number of hydrogen-bond donors (Lipinski definition) is 2. The quantitative estimate of drug-likeness (QED) is 0.116. The Bertz CT molecular complexity index is 2890. The van der Waals surface area contributed by atoms with Crippen LogP contribution in [-0.4, -0.2) is 31.7 Å². The summed E-state index contributed by atoms with van der Waals surface area (Å²) >= 11 is 0. The Morgan fingerprint density at radius 1 is 0.544 bits per heavy atom. The molecule has 2 heterocycles. The van der Waals surface area contributed by atoms with E-state index in [0.717, 1.165) is 45.2 Å². The van der Waals surface area contributed by atoms with E-state index in [-0.39, 0.29) is 15.2 Å². The molecule has 0 aromatic heterocycles. The molecule has 57 heavy (non-hydrogen) atoms. The highest BCUT2D eigenvalue weighted by molar-refractivity contribution is 7.86. The third-order valence-electron chi connectivity index (χ3n) is 11.1. The van der Waals surface area contributed by atoms with Crippen LogP contribution in [0.15, 0.2) is 179 Å². The number of anilines is 2. The van der Waals surface area contributed by atoms with Gasteiger partial charge in [-0.25, -0.2) is 0 Å². The van der Waals surface area contributed by atoms with Gasteiger partial charge in [-0.15, -0.1) is 0 Å². The highest BCUT2D eigenvalue weighted by atomic mass is 32.2. The van der Waals surface area contributed by atoms with E-state index in [4.69, 9.17) is 0 Å². The van der Waals surface area contributed by atoms with Crippen LogP contribution in [0.2, 0.25) is 0 Å². The number of para-hydroxylation sites is 3. The molecule has 0 fully saturated rings. The molecule has 0 aliphatic carbocycles. The average Bonchev–Trinajstić information content (AvgIpc) is 3.56. The van der Waals surface area contributed by atoms with E-state index in [1.165, 1.54) is 42.0 Å². The zero-order valence-electron chi connectivity index (χ0n) is 31.8. The first-order chi connectivity index (χ1) is 27.1. The number of benzene rings is 6. The Kier molecular flexibility index (Phi) is 9.28. The summed E-state index contributed by atoms with van der Waals surface area (Å²) < 4.78 is 70.5. The lowest BCUT2D eigenvalue weighted by atomic mass is 9.81. The van der Waals surface area contributed by atoms with Gasteiger partial charge in [-0.3, -0.25) is 9.11 Å². The van der Waals surface area contributed by atoms with Crippen molar-refractivity contribution in [2.75, 3.05) is 4.90 Å². The number of fused-ring (bicyclic) bond motifs is 2. The Hall–Kier alpha value is -5.91. The van der Waals surface area contributed by atoms with E-state index in [1.807, 2.05) is 36.4 Å². The molecule has 0 radical (unpaired) electrons. The van der Waals surface area contributed by atoms with E-state index in [2.05, 4.69) is 122 Å². The van der Waals surface area contributed by atoms with Crippen LogP contribution < -0.4 is 9.48 Å². The van der Waals surface area contributed by atoms with Gasteiger partial charge in [0.25, 0.3) is 20.2 Å². The SMILES string of the molecule is CC1(C)C(/C=C/C=C2/N(c3ccccc3-c3ccccc3)c3ccccc3C2(C)C)=[N+](c2ccc(S(=O)(=O)O)cc2-c2ccc(S(=O)(=O)O)cc2)c2ccccc21. The first-order valence-electron chi connectivity index (χ1n) is 18.5. The first kappa shape index (κ1) is 38.0. The molecule has 10 heteroatoms. The summed E-state index contributed by atoms with van der Waals surface area (Å²) in [5.74, 6) is 0. The Balaban J connectivity index is 1.33. The summed E-state index contributed by atoms with van der Waals surface area (Å²) in [6, 6.07) is 45.2. The minimum Gasteiger partial charge on any atom is -0.312 e. The highest BCUT2D eigenvalue weighted by Crippen LogP contribution is 2.53. The highest BCUT2D eigenvalue weighted by Gasteiger charge is 2.46. The standard InChI is InChI=1S/C47H40N2O6S2/c1-46(2)38-18-9-12-21-42(38)48(40-20-11-8-17-36(40)32-15-6-5-7-16-32)44(46)23-14-24-45-47(3,4)39-19-10-13-22-43(39)49(45)41-30-29-35(57(53,54)55)31-37(41)33-25-27-34(28-26-33)56(50,51)52/h5-31H,1-4H3,(H-,50,51,52,53,54,55)/p+1. The first-order valence-corrected chi connectivity index (χ1v) is 21.4. The van der Waals surface area contributed by atoms with Crippen molar-refractivity contribution in [3.8, 4) is 22.3 Å². The van der Waals surface area contributed by atoms with Gasteiger partial charge in [0.2, 0.25) is 11.4 Å². The second-order valence-corrected chi connectivity index (χ2v) is 18.1. The molecular formula is C47H41N2O6S2+. The molecule has 6 aromatic rings.